The Morgan fingerprint density at radius 3 is 2.55 bits per heavy atom. The molecule has 0 unspecified atom stereocenters. The highest BCUT2D eigenvalue weighted by Crippen LogP contribution is 2.51. The zero-order valence-electron chi connectivity index (χ0n) is 11.3. The summed E-state index contributed by atoms with van der Waals surface area (Å²) in [5.41, 5.74) is 0.0675. The largest absolute Gasteiger partial charge is 0.506 e. The first-order valence-corrected chi connectivity index (χ1v) is 6.98. The fourth-order valence-corrected chi connectivity index (χ4v) is 3.01. The van der Waals surface area contributed by atoms with Gasteiger partial charge in [-0.25, -0.2) is 0 Å². The van der Waals surface area contributed by atoms with Gasteiger partial charge < -0.3 is 19.4 Å². The van der Waals surface area contributed by atoms with Gasteiger partial charge in [-0.2, -0.15) is 0 Å². The summed E-state index contributed by atoms with van der Waals surface area (Å²) in [6, 6.07) is 0. The summed E-state index contributed by atoms with van der Waals surface area (Å²) in [7, 11) is 0. The zero-order valence-corrected chi connectivity index (χ0v) is 12.8. The van der Waals surface area contributed by atoms with Crippen LogP contribution in [0.1, 0.15) is 25.2 Å². The van der Waals surface area contributed by atoms with E-state index in [-0.39, 0.29) is 17.2 Å². The highest BCUT2D eigenvalue weighted by atomic mass is 35.5. The van der Waals surface area contributed by atoms with Gasteiger partial charge in [0, 0.05) is 12.0 Å². The molecule has 3 rings (SSSR count). The molecule has 0 aliphatic carbocycles. The number of phenols is 1. The minimum Gasteiger partial charge on any atom is -0.506 e. The summed E-state index contributed by atoms with van der Waals surface area (Å²) >= 11 is 12.3. The third kappa shape index (κ3) is 1.72. The van der Waals surface area contributed by atoms with Crippen LogP contribution in [0.25, 0.3) is 11.0 Å². The number of furan rings is 1. The number of hydrogen-bond acceptors (Lipinski definition) is 4. The average Bonchev–Trinajstić information content (AvgIpc) is 2.66. The molecule has 0 amide bonds. The van der Waals surface area contributed by atoms with Gasteiger partial charge in [0.15, 0.2) is 11.3 Å². The molecule has 1 aromatic carbocycles. The van der Waals surface area contributed by atoms with E-state index in [9.17, 15) is 10.2 Å². The van der Waals surface area contributed by atoms with E-state index >= 15 is 0 Å². The summed E-state index contributed by atoms with van der Waals surface area (Å²) in [5.74, 6) is 0.780. The molecule has 2 heterocycles. The van der Waals surface area contributed by atoms with E-state index in [1.54, 1.807) is 20.8 Å². The lowest BCUT2D eigenvalue weighted by molar-refractivity contribution is -0.0411. The van der Waals surface area contributed by atoms with Crippen LogP contribution in [0.15, 0.2) is 4.42 Å². The maximum atomic E-state index is 10.2. The van der Waals surface area contributed by atoms with Crippen molar-refractivity contribution in [3.05, 3.63) is 21.4 Å². The van der Waals surface area contributed by atoms with Crippen LogP contribution in [0.5, 0.6) is 11.5 Å². The molecule has 0 saturated heterocycles. The fraction of sp³-hybridized carbons (Fsp3) is 0.429. The molecular weight excluding hydrogens is 303 g/mol. The van der Waals surface area contributed by atoms with Crippen molar-refractivity contribution in [2.75, 3.05) is 0 Å². The zero-order chi connectivity index (χ0) is 14.8. The normalized spacial score (nSPS) is 20.8. The van der Waals surface area contributed by atoms with Crippen molar-refractivity contribution in [3.8, 4) is 11.5 Å². The molecule has 6 heteroatoms. The first-order valence-electron chi connectivity index (χ1n) is 6.23. The first kappa shape index (κ1) is 13.9. The molecule has 1 aliphatic rings. The number of benzene rings is 1. The lowest BCUT2D eigenvalue weighted by Gasteiger charge is -2.37. The fourth-order valence-electron chi connectivity index (χ4n) is 2.44. The number of halogens is 2. The van der Waals surface area contributed by atoms with Crippen LogP contribution in [0, 0.1) is 6.92 Å². The van der Waals surface area contributed by atoms with E-state index in [4.69, 9.17) is 32.4 Å². The summed E-state index contributed by atoms with van der Waals surface area (Å²) in [4.78, 5) is 0. The van der Waals surface area contributed by atoms with E-state index in [2.05, 4.69) is 0 Å². The maximum Gasteiger partial charge on any atom is 0.179 e. The van der Waals surface area contributed by atoms with Crippen molar-refractivity contribution in [3.63, 3.8) is 0 Å². The van der Waals surface area contributed by atoms with Gasteiger partial charge in [-0.15, -0.1) is 0 Å². The summed E-state index contributed by atoms with van der Waals surface area (Å²) in [6.07, 6.45) is -0.512. The van der Waals surface area contributed by atoms with Crippen molar-refractivity contribution in [2.24, 2.45) is 0 Å². The minimum atomic E-state index is -0.784. The smallest absolute Gasteiger partial charge is 0.179 e. The Kier molecular flexibility index (Phi) is 2.91. The first-order chi connectivity index (χ1) is 9.24. The van der Waals surface area contributed by atoms with Gasteiger partial charge in [0.25, 0.3) is 0 Å². The van der Waals surface area contributed by atoms with Gasteiger partial charge in [-0.1, -0.05) is 23.2 Å². The second-order valence-electron chi connectivity index (χ2n) is 5.57. The Balaban J connectivity index is 2.40. The summed E-state index contributed by atoms with van der Waals surface area (Å²) in [6.45, 7) is 5.26. The number of fused-ring (bicyclic) bond motifs is 3. The molecule has 1 aliphatic heterocycles. The molecule has 1 atom stereocenters. The van der Waals surface area contributed by atoms with Gasteiger partial charge in [-0.05, 0) is 20.8 Å². The molecule has 0 spiro atoms. The van der Waals surface area contributed by atoms with Gasteiger partial charge in [0.2, 0.25) is 0 Å². The van der Waals surface area contributed by atoms with Crippen LogP contribution in [0.2, 0.25) is 10.0 Å². The van der Waals surface area contributed by atoms with Crippen LogP contribution in [0.4, 0.5) is 0 Å². The summed E-state index contributed by atoms with van der Waals surface area (Å²) < 4.78 is 11.5. The van der Waals surface area contributed by atoms with Crippen LogP contribution < -0.4 is 4.74 Å². The maximum absolute atomic E-state index is 10.2. The highest BCUT2D eigenvalue weighted by Gasteiger charge is 2.40. The van der Waals surface area contributed by atoms with Crippen LogP contribution in [0.3, 0.4) is 0 Å². The molecule has 20 heavy (non-hydrogen) atoms. The predicted octanol–water partition coefficient (Wildman–Crippen LogP) is 3.83. The number of aliphatic hydroxyl groups excluding tert-OH is 1. The molecule has 4 nitrogen and oxygen atoms in total. The van der Waals surface area contributed by atoms with Crippen molar-refractivity contribution in [1.82, 2.24) is 0 Å². The number of aromatic hydroxyl groups is 1. The predicted molar refractivity (Wildman–Crippen MR) is 77.1 cm³/mol. The average molecular weight is 317 g/mol. The third-order valence-corrected chi connectivity index (χ3v) is 4.59. The van der Waals surface area contributed by atoms with E-state index in [1.807, 2.05) is 0 Å². The SMILES string of the molecule is Cc1oc2c3c(c(O)c(Cl)c2c1Cl)C[C@H](O)C(C)(C)O3. The Morgan fingerprint density at radius 1 is 1.25 bits per heavy atom. The number of rotatable bonds is 0. The molecule has 0 radical (unpaired) electrons. The highest BCUT2D eigenvalue weighted by molar-refractivity contribution is 6.43. The molecule has 0 fully saturated rings. The second-order valence-corrected chi connectivity index (χ2v) is 6.33. The van der Waals surface area contributed by atoms with Gasteiger partial charge in [0.1, 0.15) is 17.1 Å². The monoisotopic (exact) mass is 316 g/mol. The Labute approximate surface area is 125 Å². The molecule has 0 bridgehead atoms. The Morgan fingerprint density at radius 2 is 1.90 bits per heavy atom. The van der Waals surface area contributed by atoms with Crippen LogP contribution in [-0.4, -0.2) is 21.9 Å². The van der Waals surface area contributed by atoms with Crippen molar-refractivity contribution < 1.29 is 19.4 Å². The van der Waals surface area contributed by atoms with Gasteiger partial charge >= 0.3 is 0 Å². The Bertz CT molecular complexity index is 718. The lowest BCUT2D eigenvalue weighted by Crippen LogP contribution is -2.46. The van der Waals surface area contributed by atoms with E-state index in [0.717, 1.165) is 0 Å². The number of phenolic OH excluding ortho intramolecular Hbond substituents is 1. The number of ether oxygens (including phenoxy) is 1. The minimum absolute atomic E-state index is 0.119. The van der Waals surface area contributed by atoms with Gasteiger partial charge in [-0.3, -0.25) is 0 Å². The van der Waals surface area contributed by atoms with E-state index < -0.39 is 11.7 Å². The third-order valence-electron chi connectivity index (χ3n) is 3.77. The molecular formula is C14H14Cl2O4. The van der Waals surface area contributed by atoms with Crippen molar-refractivity contribution in [1.29, 1.82) is 0 Å². The number of aryl methyl sites for hydroxylation is 1. The lowest BCUT2D eigenvalue weighted by atomic mass is 9.90. The van der Waals surface area contributed by atoms with Crippen molar-refractivity contribution in [2.45, 2.75) is 38.9 Å². The quantitative estimate of drug-likeness (QED) is 0.775. The molecule has 2 N–H and O–H groups in total. The Hall–Kier alpha value is -1.10. The van der Waals surface area contributed by atoms with E-state index in [0.29, 0.717) is 33.1 Å². The molecule has 0 saturated carbocycles. The topological polar surface area (TPSA) is 62.8 Å². The molecule has 1 aromatic heterocycles. The standard InChI is InChI=1S/C14H14Cl2O4/c1-5-9(15)8-10(16)11(18)6-4-7(17)14(2,3)20-12(6)13(8)19-5/h7,17-18H,4H2,1-3H3/t7-/m0/s1. The van der Waals surface area contributed by atoms with Crippen molar-refractivity contribution >= 4 is 34.2 Å². The van der Waals surface area contributed by atoms with Crippen LogP contribution >= 0.6 is 23.2 Å². The second kappa shape index (κ2) is 4.20. The van der Waals surface area contributed by atoms with Gasteiger partial charge in [0.05, 0.1) is 21.5 Å². The van der Waals surface area contributed by atoms with E-state index in [1.165, 1.54) is 0 Å². The number of hydrogen-bond donors (Lipinski definition) is 2. The summed E-state index contributed by atoms with van der Waals surface area (Å²) in [5, 5.41) is 21.3. The number of aliphatic hydroxyl groups is 1. The van der Waals surface area contributed by atoms with Crippen LogP contribution in [-0.2, 0) is 6.42 Å². The molecule has 108 valence electrons. The molecule has 2 aromatic rings.